The predicted molar refractivity (Wildman–Crippen MR) is 102 cm³/mol. The summed E-state index contributed by atoms with van der Waals surface area (Å²) in [6, 6.07) is 3.92. The molecule has 0 unspecified atom stereocenters. The van der Waals surface area contributed by atoms with Gasteiger partial charge in [0.05, 0.1) is 10.9 Å². The van der Waals surface area contributed by atoms with Gasteiger partial charge in [-0.05, 0) is 64.7 Å². The van der Waals surface area contributed by atoms with Crippen LogP contribution in [0.25, 0.3) is 10.9 Å². The topological polar surface area (TPSA) is 75.3 Å². The van der Waals surface area contributed by atoms with E-state index in [2.05, 4.69) is 4.98 Å². The number of rotatable bonds is 1. The number of aromatic nitrogens is 2. The third-order valence-electron chi connectivity index (χ3n) is 4.70. The van der Waals surface area contributed by atoms with Crippen molar-refractivity contribution in [2.24, 2.45) is 0 Å². The molecule has 1 fully saturated rings. The van der Waals surface area contributed by atoms with Crippen LogP contribution >= 0.6 is 0 Å². The molecular formula is C20H27N3O3. The van der Waals surface area contributed by atoms with E-state index in [4.69, 9.17) is 9.72 Å². The molecule has 26 heavy (non-hydrogen) atoms. The van der Waals surface area contributed by atoms with Gasteiger partial charge in [-0.15, -0.1) is 0 Å². The Morgan fingerprint density at radius 1 is 1.23 bits per heavy atom. The van der Waals surface area contributed by atoms with Crippen molar-refractivity contribution in [2.75, 3.05) is 13.1 Å². The van der Waals surface area contributed by atoms with Crippen LogP contribution < -0.4 is 5.56 Å². The fourth-order valence-corrected chi connectivity index (χ4v) is 3.47. The van der Waals surface area contributed by atoms with Crippen LogP contribution in [0.5, 0.6) is 0 Å². The van der Waals surface area contributed by atoms with Crippen molar-refractivity contribution in [2.45, 2.75) is 59.0 Å². The van der Waals surface area contributed by atoms with E-state index in [-0.39, 0.29) is 17.6 Å². The summed E-state index contributed by atoms with van der Waals surface area (Å²) in [5.74, 6) is 0.866. The van der Waals surface area contributed by atoms with Gasteiger partial charge in [0.25, 0.3) is 5.56 Å². The molecule has 1 aromatic carbocycles. The molecule has 1 N–H and O–H groups in total. The molecule has 0 bridgehead atoms. The summed E-state index contributed by atoms with van der Waals surface area (Å²) < 4.78 is 5.44. The standard InChI is InChI=1S/C20H27N3O3/c1-12-10-13(2)16-15(11-12)18(24)22-17(21-16)14-6-8-23(9-7-14)19(25)26-20(3,4)5/h10-11,14H,6-9H2,1-5H3,(H,21,22,24). The molecule has 0 aliphatic carbocycles. The molecule has 6 nitrogen and oxygen atoms in total. The van der Waals surface area contributed by atoms with Crippen molar-refractivity contribution in [3.05, 3.63) is 39.4 Å². The minimum atomic E-state index is -0.491. The van der Waals surface area contributed by atoms with Crippen LogP contribution in [0, 0.1) is 13.8 Å². The summed E-state index contributed by atoms with van der Waals surface area (Å²) in [6.07, 6.45) is 1.25. The van der Waals surface area contributed by atoms with Gasteiger partial charge in [-0.3, -0.25) is 4.79 Å². The zero-order valence-corrected chi connectivity index (χ0v) is 16.2. The number of likely N-dealkylation sites (tertiary alicyclic amines) is 1. The first kappa shape index (κ1) is 18.4. The van der Waals surface area contributed by atoms with E-state index in [1.54, 1.807) is 4.90 Å². The maximum Gasteiger partial charge on any atom is 0.410 e. The Morgan fingerprint density at radius 3 is 2.50 bits per heavy atom. The highest BCUT2D eigenvalue weighted by molar-refractivity contribution is 5.81. The average molecular weight is 357 g/mol. The molecule has 2 heterocycles. The maximum atomic E-state index is 12.5. The lowest BCUT2D eigenvalue weighted by molar-refractivity contribution is 0.0203. The second kappa shape index (κ2) is 6.74. The minimum absolute atomic E-state index is 0.0913. The third kappa shape index (κ3) is 3.89. The second-order valence-electron chi connectivity index (χ2n) is 8.17. The number of nitrogens with zero attached hydrogens (tertiary/aromatic N) is 2. The third-order valence-corrected chi connectivity index (χ3v) is 4.70. The Balaban J connectivity index is 1.78. The van der Waals surface area contributed by atoms with Crippen LogP contribution in [0.2, 0.25) is 0 Å². The van der Waals surface area contributed by atoms with E-state index >= 15 is 0 Å². The van der Waals surface area contributed by atoms with Crippen LogP contribution in [0.4, 0.5) is 4.79 Å². The van der Waals surface area contributed by atoms with E-state index in [0.717, 1.165) is 35.3 Å². The van der Waals surface area contributed by atoms with Gasteiger partial charge in [0.2, 0.25) is 0 Å². The number of hydrogen-bond acceptors (Lipinski definition) is 4. The Labute approximate surface area is 153 Å². The number of hydrogen-bond donors (Lipinski definition) is 1. The molecular weight excluding hydrogens is 330 g/mol. The molecule has 6 heteroatoms. The zero-order chi connectivity index (χ0) is 19.1. The number of benzene rings is 1. The fraction of sp³-hybridized carbons (Fsp3) is 0.550. The molecule has 0 atom stereocenters. The van der Waals surface area contributed by atoms with Gasteiger partial charge < -0.3 is 14.6 Å². The predicted octanol–water partition coefficient (Wildman–Crippen LogP) is 3.65. The summed E-state index contributed by atoms with van der Waals surface area (Å²) in [5, 5.41) is 0.637. The van der Waals surface area contributed by atoms with Gasteiger partial charge in [-0.2, -0.15) is 0 Å². The summed E-state index contributed by atoms with van der Waals surface area (Å²) in [5.41, 5.74) is 2.25. The highest BCUT2D eigenvalue weighted by Crippen LogP contribution is 2.27. The number of carbonyl (C=O) groups is 1. The Morgan fingerprint density at radius 2 is 1.88 bits per heavy atom. The quantitative estimate of drug-likeness (QED) is 0.845. The van der Waals surface area contributed by atoms with Crippen LogP contribution in [0.1, 0.15) is 56.5 Å². The van der Waals surface area contributed by atoms with Crippen molar-refractivity contribution < 1.29 is 9.53 Å². The van der Waals surface area contributed by atoms with Crippen LogP contribution in [0.15, 0.2) is 16.9 Å². The molecule has 1 aliphatic heterocycles. The van der Waals surface area contributed by atoms with Crippen LogP contribution in [0.3, 0.4) is 0 Å². The first-order valence-electron chi connectivity index (χ1n) is 9.13. The number of H-pyrrole nitrogens is 1. The fourth-order valence-electron chi connectivity index (χ4n) is 3.47. The van der Waals surface area contributed by atoms with Crippen molar-refractivity contribution >= 4 is 17.0 Å². The Kier molecular flexibility index (Phi) is 4.78. The van der Waals surface area contributed by atoms with Gasteiger partial charge in [0.1, 0.15) is 11.4 Å². The largest absolute Gasteiger partial charge is 0.444 e. The van der Waals surface area contributed by atoms with Crippen LogP contribution in [-0.2, 0) is 4.74 Å². The SMILES string of the molecule is Cc1cc(C)c2nc(C3CCN(C(=O)OC(C)(C)C)CC3)[nH]c(=O)c2c1. The second-order valence-corrected chi connectivity index (χ2v) is 8.17. The molecule has 140 valence electrons. The van der Waals surface area contributed by atoms with E-state index in [1.165, 1.54) is 0 Å². The Hall–Kier alpha value is -2.37. The van der Waals surface area contributed by atoms with E-state index < -0.39 is 5.60 Å². The van der Waals surface area contributed by atoms with Gasteiger partial charge in [-0.25, -0.2) is 9.78 Å². The van der Waals surface area contributed by atoms with Gasteiger partial charge in [0.15, 0.2) is 0 Å². The van der Waals surface area contributed by atoms with Gasteiger partial charge in [-0.1, -0.05) is 6.07 Å². The number of carbonyl (C=O) groups excluding carboxylic acids is 1. The van der Waals surface area contributed by atoms with Crippen molar-refractivity contribution in [3.8, 4) is 0 Å². The van der Waals surface area contributed by atoms with Crippen molar-refractivity contribution in [3.63, 3.8) is 0 Å². The highest BCUT2D eigenvalue weighted by Gasteiger charge is 2.28. The zero-order valence-electron chi connectivity index (χ0n) is 16.2. The first-order valence-corrected chi connectivity index (χ1v) is 9.13. The first-order chi connectivity index (χ1) is 12.1. The normalized spacial score (nSPS) is 16.1. The smallest absolute Gasteiger partial charge is 0.410 e. The van der Waals surface area contributed by atoms with E-state index in [0.29, 0.717) is 18.5 Å². The lowest BCUT2D eigenvalue weighted by Crippen LogP contribution is -2.41. The van der Waals surface area contributed by atoms with Gasteiger partial charge in [0, 0.05) is 19.0 Å². The van der Waals surface area contributed by atoms with Crippen molar-refractivity contribution in [1.82, 2.24) is 14.9 Å². The molecule has 3 rings (SSSR count). The Bertz CT molecular complexity index is 888. The molecule has 0 spiro atoms. The summed E-state index contributed by atoms with van der Waals surface area (Å²) >= 11 is 0. The lowest BCUT2D eigenvalue weighted by atomic mass is 9.95. The van der Waals surface area contributed by atoms with Gasteiger partial charge >= 0.3 is 6.09 Å². The number of amides is 1. The lowest BCUT2D eigenvalue weighted by Gasteiger charge is -2.33. The number of aryl methyl sites for hydroxylation is 2. The monoisotopic (exact) mass is 357 g/mol. The summed E-state index contributed by atoms with van der Waals surface area (Å²) in [7, 11) is 0. The summed E-state index contributed by atoms with van der Waals surface area (Å²) in [4.78, 5) is 34.1. The molecule has 0 radical (unpaired) electrons. The molecule has 1 aromatic heterocycles. The molecule has 1 aliphatic rings. The molecule has 0 saturated carbocycles. The number of nitrogens with one attached hydrogen (secondary N) is 1. The number of ether oxygens (including phenoxy) is 1. The summed E-state index contributed by atoms with van der Waals surface area (Å²) in [6.45, 7) is 10.8. The molecule has 2 aromatic rings. The van der Waals surface area contributed by atoms with E-state index in [9.17, 15) is 9.59 Å². The minimum Gasteiger partial charge on any atom is -0.444 e. The van der Waals surface area contributed by atoms with E-state index in [1.807, 2.05) is 46.8 Å². The number of piperidine rings is 1. The maximum absolute atomic E-state index is 12.5. The van der Waals surface area contributed by atoms with Crippen molar-refractivity contribution in [1.29, 1.82) is 0 Å². The molecule has 1 amide bonds. The average Bonchev–Trinajstić information content (AvgIpc) is 2.54. The number of aromatic amines is 1. The molecule has 1 saturated heterocycles. The number of fused-ring (bicyclic) bond motifs is 1. The highest BCUT2D eigenvalue weighted by atomic mass is 16.6. The van der Waals surface area contributed by atoms with Crippen LogP contribution in [-0.4, -0.2) is 39.7 Å².